The van der Waals surface area contributed by atoms with E-state index in [4.69, 9.17) is 0 Å². The number of likely N-dealkylation sites (tertiary alicyclic amines) is 1. The first kappa shape index (κ1) is 15.0. The molecule has 110 valence electrons. The van der Waals surface area contributed by atoms with E-state index in [0.717, 1.165) is 17.8 Å². The van der Waals surface area contributed by atoms with Crippen LogP contribution in [-0.4, -0.2) is 41.5 Å². The Bertz CT molecular complexity index is 475. The second-order valence-electron chi connectivity index (χ2n) is 5.54. The first-order valence-electron chi connectivity index (χ1n) is 6.74. The molecule has 1 aliphatic rings. The largest absolute Gasteiger partial charge is 0.481 e. The molecule has 0 aromatic carbocycles. The van der Waals surface area contributed by atoms with Crippen LogP contribution in [0.25, 0.3) is 0 Å². The van der Waals surface area contributed by atoms with Gasteiger partial charge in [0, 0.05) is 11.4 Å². The zero-order valence-electron chi connectivity index (χ0n) is 11.6. The predicted octanol–water partition coefficient (Wildman–Crippen LogP) is 1.55. The Morgan fingerprint density at radius 1 is 1.55 bits per heavy atom. The second-order valence-corrected chi connectivity index (χ2v) is 6.57. The minimum absolute atomic E-state index is 0.0481. The Morgan fingerprint density at radius 3 is 3.00 bits per heavy atom. The summed E-state index contributed by atoms with van der Waals surface area (Å²) in [7, 11) is 0. The number of carboxylic acid groups (broad SMARTS) is 1. The summed E-state index contributed by atoms with van der Waals surface area (Å²) in [6.45, 7) is 3.80. The van der Waals surface area contributed by atoms with Crippen molar-refractivity contribution in [2.75, 3.05) is 19.6 Å². The lowest BCUT2D eigenvalue weighted by Crippen LogP contribution is -2.49. The first-order chi connectivity index (χ1) is 9.49. The zero-order chi connectivity index (χ0) is 14.6. The van der Waals surface area contributed by atoms with Gasteiger partial charge >= 0.3 is 5.97 Å². The Hall–Kier alpha value is -1.40. The number of carboxylic acids is 1. The maximum absolute atomic E-state index is 11.9. The van der Waals surface area contributed by atoms with Gasteiger partial charge in [0.2, 0.25) is 5.91 Å². The van der Waals surface area contributed by atoms with E-state index in [0.29, 0.717) is 19.5 Å². The van der Waals surface area contributed by atoms with Crippen LogP contribution in [0.5, 0.6) is 0 Å². The van der Waals surface area contributed by atoms with Gasteiger partial charge in [0.25, 0.3) is 0 Å². The molecular weight excluding hydrogens is 276 g/mol. The van der Waals surface area contributed by atoms with Crippen molar-refractivity contribution in [3.05, 3.63) is 22.4 Å². The minimum atomic E-state index is -0.777. The van der Waals surface area contributed by atoms with E-state index in [1.54, 1.807) is 18.3 Å². The van der Waals surface area contributed by atoms with Crippen LogP contribution in [0.1, 0.15) is 24.6 Å². The number of nitrogens with zero attached hydrogens (tertiary/aromatic N) is 1. The number of hydrogen-bond donors (Lipinski definition) is 2. The van der Waals surface area contributed by atoms with Crippen molar-refractivity contribution in [3.63, 3.8) is 0 Å². The van der Waals surface area contributed by atoms with E-state index in [2.05, 4.69) is 5.32 Å². The minimum Gasteiger partial charge on any atom is -0.481 e. The summed E-state index contributed by atoms with van der Waals surface area (Å²) in [4.78, 5) is 26.2. The lowest BCUT2D eigenvalue weighted by molar-refractivity contribution is -0.151. The number of hydrogen-bond acceptors (Lipinski definition) is 4. The summed E-state index contributed by atoms with van der Waals surface area (Å²) in [6, 6.07) is 3.93. The van der Waals surface area contributed by atoms with E-state index >= 15 is 0 Å². The molecule has 20 heavy (non-hydrogen) atoms. The molecule has 0 saturated carbocycles. The van der Waals surface area contributed by atoms with Gasteiger partial charge in [-0.3, -0.25) is 14.5 Å². The van der Waals surface area contributed by atoms with Crippen LogP contribution in [0.4, 0.5) is 0 Å². The molecule has 2 N–H and O–H groups in total. The molecule has 1 aliphatic heterocycles. The third-order valence-electron chi connectivity index (χ3n) is 3.70. The highest BCUT2D eigenvalue weighted by molar-refractivity contribution is 7.09. The molecule has 1 aromatic rings. The fourth-order valence-corrected chi connectivity index (χ4v) is 3.16. The van der Waals surface area contributed by atoms with Crippen LogP contribution in [0.15, 0.2) is 17.5 Å². The Kier molecular flexibility index (Phi) is 4.77. The molecule has 2 rings (SSSR count). The highest BCUT2D eigenvalue weighted by Gasteiger charge is 2.38. The number of thiophene rings is 1. The highest BCUT2D eigenvalue weighted by atomic mass is 32.1. The quantitative estimate of drug-likeness (QED) is 0.865. The predicted molar refractivity (Wildman–Crippen MR) is 77.6 cm³/mol. The number of aliphatic carboxylic acids is 1. The third-order valence-corrected chi connectivity index (χ3v) is 4.58. The molecule has 2 heterocycles. The van der Waals surface area contributed by atoms with Crippen LogP contribution in [0, 0.1) is 5.41 Å². The molecule has 1 amide bonds. The fourth-order valence-electron chi connectivity index (χ4n) is 2.51. The van der Waals surface area contributed by atoms with Gasteiger partial charge in [0.05, 0.1) is 18.5 Å². The summed E-state index contributed by atoms with van der Waals surface area (Å²) >= 11 is 1.61. The number of piperidine rings is 1. The van der Waals surface area contributed by atoms with Crippen molar-refractivity contribution >= 4 is 23.2 Å². The highest BCUT2D eigenvalue weighted by Crippen LogP contribution is 2.29. The topological polar surface area (TPSA) is 69.6 Å². The summed E-state index contributed by atoms with van der Waals surface area (Å²) in [5, 5.41) is 14.1. The smallest absolute Gasteiger partial charge is 0.310 e. The van der Waals surface area contributed by atoms with Gasteiger partial charge in [-0.2, -0.15) is 0 Å². The molecule has 0 bridgehead atoms. The van der Waals surface area contributed by atoms with Gasteiger partial charge in [0.1, 0.15) is 0 Å². The Morgan fingerprint density at radius 2 is 2.35 bits per heavy atom. The van der Waals surface area contributed by atoms with Crippen molar-refractivity contribution in [3.8, 4) is 0 Å². The average molecular weight is 296 g/mol. The monoisotopic (exact) mass is 296 g/mol. The van der Waals surface area contributed by atoms with Crippen LogP contribution in [0.2, 0.25) is 0 Å². The van der Waals surface area contributed by atoms with Gasteiger partial charge in [0.15, 0.2) is 0 Å². The van der Waals surface area contributed by atoms with Crippen molar-refractivity contribution < 1.29 is 14.7 Å². The first-order valence-corrected chi connectivity index (χ1v) is 7.62. The van der Waals surface area contributed by atoms with Gasteiger partial charge < -0.3 is 10.4 Å². The second kappa shape index (κ2) is 6.37. The Labute approximate surface area is 122 Å². The summed E-state index contributed by atoms with van der Waals surface area (Å²) in [5.74, 6) is -0.825. The van der Waals surface area contributed by atoms with E-state index < -0.39 is 11.4 Å². The molecule has 1 saturated heterocycles. The Balaban J connectivity index is 1.80. The molecule has 0 radical (unpaired) electrons. The molecule has 0 aliphatic carbocycles. The normalized spacial score (nSPS) is 23.4. The van der Waals surface area contributed by atoms with E-state index in [1.165, 1.54) is 0 Å². The van der Waals surface area contributed by atoms with Crippen LogP contribution < -0.4 is 5.32 Å². The SMILES string of the molecule is CC1(C(=O)O)CCCN(CC(=O)NCc2cccs2)C1. The number of carbonyl (C=O) groups is 2. The maximum atomic E-state index is 11.9. The van der Waals surface area contributed by atoms with Crippen LogP contribution >= 0.6 is 11.3 Å². The molecule has 1 atom stereocenters. The number of carbonyl (C=O) groups excluding carboxylic acids is 1. The summed E-state index contributed by atoms with van der Waals surface area (Å²) < 4.78 is 0. The van der Waals surface area contributed by atoms with Crippen molar-refractivity contribution in [2.24, 2.45) is 5.41 Å². The maximum Gasteiger partial charge on any atom is 0.310 e. The fraction of sp³-hybridized carbons (Fsp3) is 0.571. The molecular formula is C14H20N2O3S. The van der Waals surface area contributed by atoms with Gasteiger partial charge in [-0.05, 0) is 37.8 Å². The van der Waals surface area contributed by atoms with Crippen molar-refractivity contribution in [1.82, 2.24) is 10.2 Å². The summed E-state index contributed by atoms with van der Waals surface area (Å²) in [6.07, 6.45) is 1.50. The zero-order valence-corrected chi connectivity index (χ0v) is 12.4. The molecule has 6 heteroatoms. The lowest BCUT2D eigenvalue weighted by atomic mass is 9.82. The van der Waals surface area contributed by atoms with Gasteiger partial charge in [-0.15, -0.1) is 11.3 Å². The van der Waals surface area contributed by atoms with Crippen LogP contribution in [-0.2, 0) is 16.1 Å². The number of amides is 1. The lowest BCUT2D eigenvalue weighted by Gasteiger charge is -2.37. The molecule has 5 nitrogen and oxygen atoms in total. The summed E-state index contributed by atoms with van der Waals surface area (Å²) in [5.41, 5.74) is -0.730. The number of nitrogens with one attached hydrogen (secondary N) is 1. The van der Waals surface area contributed by atoms with Crippen molar-refractivity contribution in [1.29, 1.82) is 0 Å². The van der Waals surface area contributed by atoms with E-state index in [-0.39, 0.29) is 12.5 Å². The van der Waals surface area contributed by atoms with Crippen LogP contribution in [0.3, 0.4) is 0 Å². The third kappa shape index (κ3) is 3.80. The molecule has 1 fully saturated rings. The molecule has 1 unspecified atom stereocenters. The van der Waals surface area contributed by atoms with E-state index in [1.807, 2.05) is 22.4 Å². The molecule has 1 aromatic heterocycles. The van der Waals surface area contributed by atoms with Crippen molar-refractivity contribution in [2.45, 2.75) is 26.3 Å². The van der Waals surface area contributed by atoms with E-state index in [9.17, 15) is 14.7 Å². The standard InChI is InChI=1S/C14H20N2O3S/c1-14(13(18)19)5-3-6-16(10-14)9-12(17)15-8-11-4-2-7-20-11/h2,4,7H,3,5-6,8-10H2,1H3,(H,15,17)(H,18,19). The van der Waals surface area contributed by atoms with Gasteiger partial charge in [-0.1, -0.05) is 6.07 Å². The average Bonchev–Trinajstić information content (AvgIpc) is 2.89. The van der Waals surface area contributed by atoms with Gasteiger partial charge in [-0.25, -0.2) is 0 Å². The molecule has 0 spiro atoms. The number of rotatable bonds is 5.